The number of rotatable bonds is 8. The van der Waals surface area contributed by atoms with E-state index in [4.69, 9.17) is 4.42 Å². The highest BCUT2D eigenvalue weighted by Gasteiger charge is 2.08. The quantitative estimate of drug-likeness (QED) is 0.259. The van der Waals surface area contributed by atoms with Crippen molar-refractivity contribution in [2.75, 3.05) is 14.1 Å². The fourth-order valence-corrected chi connectivity index (χ4v) is 3.13. The van der Waals surface area contributed by atoms with Crippen molar-refractivity contribution in [2.45, 2.75) is 26.2 Å². The number of benzene rings is 2. The van der Waals surface area contributed by atoms with Crippen molar-refractivity contribution in [3.05, 3.63) is 95.2 Å². The van der Waals surface area contributed by atoms with E-state index in [0.29, 0.717) is 19.0 Å². The molecule has 0 aliphatic rings. The number of hydrogen-bond donors (Lipinski definition) is 2. The molecule has 5 nitrogen and oxygen atoms in total. The zero-order valence-corrected chi connectivity index (χ0v) is 19.6. The second kappa shape index (κ2) is 12.3. The van der Waals surface area contributed by atoms with Gasteiger partial charge >= 0.3 is 0 Å². The van der Waals surface area contributed by atoms with Crippen LogP contribution in [0.1, 0.15) is 22.5 Å². The molecule has 0 aliphatic carbocycles. The lowest BCUT2D eigenvalue weighted by Crippen LogP contribution is -2.36. The van der Waals surface area contributed by atoms with E-state index in [9.17, 15) is 4.39 Å². The smallest absolute Gasteiger partial charge is 0.191 e. The van der Waals surface area contributed by atoms with Gasteiger partial charge in [0.15, 0.2) is 5.96 Å². The minimum absolute atomic E-state index is 0. The van der Waals surface area contributed by atoms with E-state index in [1.165, 1.54) is 23.3 Å². The molecule has 0 amide bonds. The minimum Gasteiger partial charge on any atom is -0.468 e. The van der Waals surface area contributed by atoms with Gasteiger partial charge in [0.2, 0.25) is 0 Å². The Kier molecular flexibility index (Phi) is 9.82. The van der Waals surface area contributed by atoms with Gasteiger partial charge in [0.1, 0.15) is 11.6 Å². The topological polar surface area (TPSA) is 52.8 Å². The molecule has 2 aromatic carbocycles. The molecular weight excluding hydrogens is 494 g/mol. The summed E-state index contributed by atoms with van der Waals surface area (Å²) in [7, 11) is 3.80. The molecule has 160 valence electrons. The van der Waals surface area contributed by atoms with Gasteiger partial charge in [0.25, 0.3) is 0 Å². The van der Waals surface area contributed by atoms with Gasteiger partial charge < -0.3 is 15.1 Å². The SMILES string of the molecule is CN=C(NCc1cccc(F)c1)NCc1ccccc1CN(C)Cc1ccco1.I. The van der Waals surface area contributed by atoms with Crippen molar-refractivity contribution in [1.82, 2.24) is 15.5 Å². The van der Waals surface area contributed by atoms with E-state index >= 15 is 0 Å². The lowest BCUT2D eigenvalue weighted by atomic mass is 10.1. The summed E-state index contributed by atoms with van der Waals surface area (Å²) in [5.74, 6) is 1.39. The van der Waals surface area contributed by atoms with Crippen LogP contribution in [0.3, 0.4) is 0 Å². The van der Waals surface area contributed by atoms with Crippen molar-refractivity contribution in [3.63, 3.8) is 0 Å². The highest BCUT2D eigenvalue weighted by molar-refractivity contribution is 14.0. The Morgan fingerprint density at radius 1 is 0.967 bits per heavy atom. The maximum Gasteiger partial charge on any atom is 0.191 e. The molecule has 1 heterocycles. The number of nitrogens with zero attached hydrogens (tertiary/aromatic N) is 2. The van der Waals surface area contributed by atoms with Crippen LogP contribution in [0.25, 0.3) is 0 Å². The third kappa shape index (κ3) is 7.46. The molecule has 0 aliphatic heterocycles. The molecule has 0 saturated heterocycles. The van der Waals surface area contributed by atoms with Crippen molar-refractivity contribution in [2.24, 2.45) is 4.99 Å². The molecule has 0 atom stereocenters. The summed E-state index contributed by atoms with van der Waals surface area (Å²) in [6.07, 6.45) is 1.70. The Bertz CT molecular complexity index is 930. The highest BCUT2D eigenvalue weighted by atomic mass is 127. The van der Waals surface area contributed by atoms with Crippen LogP contribution >= 0.6 is 24.0 Å². The molecule has 0 fully saturated rings. The largest absolute Gasteiger partial charge is 0.468 e. The Balaban J connectivity index is 0.00000320. The number of hydrogen-bond acceptors (Lipinski definition) is 3. The van der Waals surface area contributed by atoms with Crippen molar-refractivity contribution in [3.8, 4) is 0 Å². The van der Waals surface area contributed by atoms with Crippen molar-refractivity contribution < 1.29 is 8.81 Å². The van der Waals surface area contributed by atoms with E-state index in [0.717, 1.165) is 24.4 Å². The third-order valence-electron chi connectivity index (χ3n) is 4.58. The number of nitrogens with one attached hydrogen (secondary N) is 2. The first kappa shape index (κ1) is 23.9. The highest BCUT2D eigenvalue weighted by Crippen LogP contribution is 2.13. The summed E-state index contributed by atoms with van der Waals surface area (Å²) in [6.45, 7) is 2.72. The van der Waals surface area contributed by atoms with Crippen LogP contribution in [0.2, 0.25) is 0 Å². The molecular formula is C23H28FIN4O. The molecule has 0 bridgehead atoms. The number of aliphatic imine (C=N–C) groups is 1. The Labute approximate surface area is 194 Å². The van der Waals surface area contributed by atoms with Gasteiger partial charge in [-0.2, -0.15) is 0 Å². The van der Waals surface area contributed by atoms with E-state index < -0.39 is 0 Å². The first-order valence-electron chi connectivity index (χ1n) is 9.60. The second-order valence-corrected chi connectivity index (χ2v) is 6.93. The summed E-state index contributed by atoms with van der Waals surface area (Å²) in [5, 5.41) is 6.56. The zero-order chi connectivity index (χ0) is 20.5. The summed E-state index contributed by atoms with van der Waals surface area (Å²) in [5.41, 5.74) is 3.31. The maximum absolute atomic E-state index is 13.3. The van der Waals surface area contributed by atoms with Crippen LogP contribution in [0.15, 0.2) is 76.3 Å². The van der Waals surface area contributed by atoms with E-state index in [1.54, 1.807) is 19.4 Å². The number of furan rings is 1. The van der Waals surface area contributed by atoms with Crippen LogP contribution in [0.4, 0.5) is 4.39 Å². The number of guanidine groups is 1. The lowest BCUT2D eigenvalue weighted by molar-refractivity contribution is 0.287. The molecule has 0 spiro atoms. The van der Waals surface area contributed by atoms with Crippen LogP contribution in [0.5, 0.6) is 0 Å². The monoisotopic (exact) mass is 522 g/mol. The van der Waals surface area contributed by atoms with E-state index in [-0.39, 0.29) is 29.8 Å². The van der Waals surface area contributed by atoms with Gasteiger partial charge in [-0.3, -0.25) is 9.89 Å². The predicted molar refractivity (Wildman–Crippen MR) is 129 cm³/mol. The molecule has 0 unspecified atom stereocenters. The van der Waals surface area contributed by atoms with Gasteiger partial charge in [-0.05, 0) is 48.0 Å². The molecule has 1 aromatic heterocycles. The summed E-state index contributed by atoms with van der Waals surface area (Å²) in [6, 6.07) is 18.8. The Hall–Kier alpha value is -2.39. The molecule has 0 saturated carbocycles. The fraction of sp³-hybridized carbons (Fsp3) is 0.261. The van der Waals surface area contributed by atoms with Gasteiger partial charge in [0, 0.05) is 26.7 Å². The summed E-state index contributed by atoms with van der Waals surface area (Å²) in [4.78, 5) is 6.48. The van der Waals surface area contributed by atoms with Crippen LogP contribution < -0.4 is 10.6 Å². The Morgan fingerprint density at radius 3 is 2.43 bits per heavy atom. The van der Waals surface area contributed by atoms with Crippen LogP contribution in [-0.4, -0.2) is 25.0 Å². The van der Waals surface area contributed by atoms with E-state index in [1.807, 2.05) is 24.3 Å². The van der Waals surface area contributed by atoms with E-state index in [2.05, 4.69) is 45.8 Å². The van der Waals surface area contributed by atoms with Gasteiger partial charge in [-0.25, -0.2) is 4.39 Å². The minimum atomic E-state index is -0.236. The zero-order valence-electron chi connectivity index (χ0n) is 17.3. The second-order valence-electron chi connectivity index (χ2n) is 6.93. The van der Waals surface area contributed by atoms with Gasteiger partial charge in [-0.15, -0.1) is 24.0 Å². The molecule has 30 heavy (non-hydrogen) atoms. The molecule has 7 heteroatoms. The number of halogens is 2. The van der Waals surface area contributed by atoms with Crippen molar-refractivity contribution >= 4 is 29.9 Å². The molecule has 3 rings (SSSR count). The maximum atomic E-state index is 13.3. The predicted octanol–water partition coefficient (Wildman–Crippen LogP) is 4.53. The normalized spacial score (nSPS) is 11.3. The van der Waals surface area contributed by atoms with Crippen LogP contribution in [-0.2, 0) is 26.2 Å². The van der Waals surface area contributed by atoms with Crippen molar-refractivity contribution in [1.29, 1.82) is 0 Å². The third-order valence-corrected chi connectivity index (χ3v) is 4.58. The standard InChI is InChI=1S/C23H27FN4O.HI/c1-25-23(26-14-18-7-5-10-21(24)13-18)27-15-19-8-3-4-9-20(19)16-28(2)17-22-11-6-12-29-22;/h3-13H,14-17H2,1-2H3,(H2,25,26,27);1H. The Morgan fingerprint density at radius 2 is 1.73 bits per heavy atom. The van der Waals surface area contributed by atoms with Gasteiger partial charge in [0.05, 0.1) is 12.8 Å². The summed E-state index contributed by atoms with van der Waals surface area (Å²) >= 11 is 0. The average Bonchev–Trinajstić information content (AvgIpc) is 3.22. The first-order chi connectivity index (χ1) is 14.1. The van der Waals surface area contributed by atoms with Crippen LogP contribution in [0, 0.1) is 5.82 Å². The summed E-state index contributed by atoms with van der Waals surface area (Å²) < 4.78 is 18.8. The first-order valence-corrected chi connectivity index (χ1v) is 9.60. The average molecular weight is 522 g/mol. The van der Waals surface area contributed by atoms with Gasteiger partial charge in [-0.1, -0.05) is 36.4 Å². The molecule has 2 N–H and O–H groups in total. The molecule has 0 radical (unpaired) electrons. The fourth-order valence-electron chi connectivity index (χ4n) is 3.13. The molecule has 3 aromatic rings. The lowest BCUT2D eigenvalue weighted by Gasteiger charge is -2.19.